The molecule has 5 rings (SSSR count). The normalized spacial score (nSPS) is 25.9. The molecule has 0 spiro atoms. The van der Waals surface area contributed by atoms with Crippen LogP contribution in [-0.4, -0.2) is 38.0 Å². The molecule has 0 bridgehead atoms. The summed E-state index contributed by atoms with van der Waals surface area (Å²) >= 11 is 0. The standard InChI is InChI=1S/C21H23N5O/c1-14-10-12-16(13-11-14)25-19-8-5-9-20(24(19)15(2)21(25)27)26-22-17-6-3-4-7-18(17)23-26/h3-4,6-7,10-13,15,19-20H,5,8-9H2,1-2H3/t15-,19?,20?/m0/s1. The van der Waals surface area contributed by atoms with E-state index in [4.69, 9.17) is 10.2 Å². The minimum absolute atomic E-state index is 0.00514. The number of amides is 1. The molecular formula is C21H23N5O. The number of carbonyl (C=O) groups excluding carboxylic acids is 1. The van der Waals surface area contributed by atoms with Crippen LogP contribution in [-0.2, 0) is 4.79 Å². The maximum absolute atomic E-state index is 13.1. The van der Waals surface area contributed by atoms with Crippen LogP contribution in [0.4, 0.5) is 5.69 Å². The molecule has 27 heavy (non-hydrogen) atoms. The van der Waals surface area contributed by atoms with Gasteiger partial charge in [-0.15, -0.1) is 0 Å². The minimum Gasteiger partial charge on any atom is -0.295 e. The van der Waals surface area contributed by atoms with E-state index in [0.29, 0.717) is 0 Å². The topological polar surface area (TPSA) is 54.3 Å². The van der Waals surface area contributed by atoms with Crippen molar-refractivity contribution in [1.29, 1.82) is 0 Å². The van der Waals surface area contributed by atoms with E-state index in [1.807, 2.05) is 53.0 Å². The fourth-order valence-corrected chi connectivity index (χ4v) is 4.48. The van der Waals surface area contributed by atoms with Gasteiger partial charge < -0.3 is 0 Å². The predicted octanol–water partition coefficient (Wildman–Crippen LogP) is 3.49. The molecule has 3 heterocycles. The van der Waals surface area contributed by atoms with E-state index in [1.165, 1.54) is 5.56 Å². The zero-order valence-corrected chi connectivity index (χ0v) is 15.6. The van der Waals surface area contributed by atoms with Gasteiger partial charge in [-0.1, -0.05) is 29.8 Å². The zero-order valence-electron chi connectivity index (χ0n) is 15.6. The van der Waals surface area contributed by atoms with E-state index in [2.05, 4.69) is 24.0 Å². The van der Waals surface area contributed by atoms with Crippen LogP contribution in [0.3, 0.4) is 0 Å². The van der Waals surface area contributed by atoms with Crippen LogP contribution in [0.25, 0.3) is 11.0 Å². The van der Waals surface area contributed by atoms with Crippen LogP contribution < -0.4 is 4.90 Å². The highest BCUT2D eigenvalue weighted by Crippen LogP contribution is 2.40. The molecule has 138 valence electrons. The van der Waals surface area contributed by atoms with Gasteiger partial charge in [-0.3, -0.25) is 9.69 Å². The van der Waals surface area contributed by atoms with Gasteiger partial charge in [-0.2, -0.15) is 15.0 Å². The van der Waals surface area contributed by atoms with E-state index in [1.54, 1.807) is 0 Å². The average Bonchev–Trinajstić information content (AvgIpc) is 3.22. The summed E-state index contributed by atoms with van der Waals surface area (Å²) in [5, 5.41) is 9.40. The van der Waals surface area contributed by atoms with Gasteiger partial charge in [0, 0.05) is 5.69 Å². The lowest BCUT2D eigenvalue weighted by molar-refractivity contribution is -0.120. The number of benzene rings is 2. The van der Waals surface area contributed by atoms with Crippen molar-refractivity contribution in [2.45, 2.75) is 51.5 Å². The van der Waals surface area contributed by atoms with E-state index in [0.717, 1.165) is 36.0 Å². The van der Waals surface area contributed by atoms with Gasteiger partial charge in [0.2, 0.25) is 5.91 Å². The molecule has 3 atom stereocenters. The molecule has 1 aromatic heterocycles. The summed E-state index contributed by atoms with van der Waals surface area (Å²) in [6, 6.07) is 16.0. The first kappa shape index (κ1) is 16.4. The molecular weight excluding hydrogens is 338 g/mol. The van der Waals surface area contributed by atoms with Crippen molar-refractivity contribution in [3.05, 3.63) is 54.1 Å². The Morgan fingerprint density at radius 2 is 1.56 bits per heavy atom. The highest BCUT2D eigenvalue weighted by Gasteiger charge is 2.50. The first-order chi connectivity index (χ1) is 13.1. The quantitative estimate of drug-likeness (QED) is 0.701. The van der Waals surface area contributed by atoms with Crippen molar-refractivity contribution < 1.29 is 4.79 Å². The van der Waals surface area contributed by atoms with Gasteiger partial charge in [-0.05, 0) is 57.4 Å². The molecule has 0 saturated carbocycles. The van der Waals surface area contributed by atoms with Crippen molar-refractivity contribution in [3.63, 3.8) is 0 Å². The Morgan fingerprint density at radius 3 is 2.22 bits per heavy atom. The molecule has 2 aliphatic rings. The maximum Gasteiger partial charge on any atom is 0.245 e. The number of carbonyl (C=O) groups is 1. The molecule has 2 aliphatic heterocycles. The largest absolute Gasteiger partial charge is 0.295 e. The Hall–Kier alpha value is -2.73. The van der Waals surface area contributed by atoms with Gasteiger partial charge in [0.25, 0.3) is 0 Å². The molecule has 2 unspecified atom stereocenters. The molecule has 6 heteroatoms. The summed E-state index contributed by atoms with van der Waals surface area (Å²) in [7, 11) is 0. The van der Waals surface area contributed by atoms with Crippen LogP contribution in [0.5, 0.6) is 0 Å². The Balaban J connectivity index is 1.53. The van der Waals surface area contributed by atoms with Crippen LogP contribution >= 0.6 is 0 Å². The van der Waals surface area contributed by atoms with Crippen molar-refractivity contribution >= 4 is 22.6 Å². The van der Waals surface area contributed by atoms with E-state index < -0.39 is 0 Å². The molecule has 3 aromatic rings. The third-order valence-electron chi connectivity index (χ3n) is 5.83. The van der Waals surface area contributed by atoms with Crippen molar-refractivity contribution in [2.75, 3.05) is 4.90 Å². The Bertz CT molecular complexity index is 962. The van der Waals surface area contributed by atoms with Crippen LogP contribution in [0.15, 0.2) is 48.5 Å². The number of hydrogen-bond acceptors (Lipinski definition) is 4. The number of fused-ring (bicyclic) bond motifs is 2. The summed E-state index contributed by atoms with van der Waals surface area (Å²) in [6.07, 6.45) is 3.04. The number of anilines is 1. The molecule has 0 radical (unpaired) electrons. The summed E-state index contributed by atoms with van der Waals surface area (Å²) in [6.45, 7) is 4.07. The average molecular weight is 361 g/mol. The minimum atomic E-state index is -0.185. The number of aryl methyl sites for hydroxylation is 1. The van der Waals surface area contributed by atoms with E-state index >= 15 is 0 Å². The molecule has 2 fully saturated rings. The number of rotatable bonds is 2. The van der Waals surface area contributed by atoms with Crippen LogP contribution in [0, 0.1) is 6.92 Å². The molecule has 1 amide bonds. The highest BCUT2D eigenvalue weighted by molar-refractivity contribution is 5.99. The summed E-state index contributed by atoms with van der Waals surface area (Å²) < 4.78 is 0. The Labute approximate surface area is 158 Å². The molecule has 6 nitrogen and oxygen atoms in total. The number of hydrogen-bond donors (Lipinski definition) is 0. The smallest absolute Gasteiger partial charge is 0.245 e. The lowest BCUT2D eigenvalue weighted by Crippen LogP contribution is -2.47. The zero-order chi connectivity index (χ0) is 18.5. The van der Waals surface area contributed by atoms with Gasteiger partial charge in [-0.25, -0.2) is 4.90 Å². The molecule has 0 aliphatic carbocycles. The maximum atomic E-state index is 13.1. The lowest BCUT2D eigenvalue weighted by atomic mass is 10.0. The van der Waals surface area contributed by atoms with Gasteiger partial charge in [0.15, 0.2) is 0 Å². The number of piperidine rings is 1. The lowest BCUT2D eigenvalue weighted by Gasteiger charge is -2.39. The van der Waals surface area contributed by atoms with Crippen LogP contribution in [0.2, 0.25) is 0 Å². The van der Waals surface area contributed by atoms with Crippen molar-refractivity contribution in [1.82, 2.24) is 19.9 Å². The first-order valence-electron chi connectivity index (χ1n) is 9.62. The first-order valence-corrected chi connectivity index (χ1v) is 9.62. The Morgan fingerprint density at radius 1 is 0.926 bits per heavy atom. The van der Waals surface area contributed by atoms with Gasteiger partial charge in [0.1, 0.15) is 17.2 Å². The van der Waals surface area contributed by atoms with E-state index in [9.17, 15) is 4.79 Å². The van der Waals surface area contributed by atoms with Gasteiger partial charge >= 0.3 is 0 Å². The molecule has 0 N–H and O–H groups in total. The monoisotopic (exact) mass is 361 g/mol. The SMILES string of the molecule is Cc1ccc(N2C(=O)[C@H](C)N3C2CCCC3n2nc3ccccc3n2)cc1. The van der Waals surface area contributed by atoms with Gasteiger partial charge in [0.05, 0.1) is 12.2 Å². The summed E-state index contributed by atoms with van der Waals surface area (Å²) in [5.41, 5.74) is 3.97. The summed E-state index contributed by atoms with van der Waals surface area (Å²) in [4.78, 5) is 19.2. The summed E-state index contributed by atoms with van der Waals surface area (Å²) in [5.74, 6) is 0.160. The third-order valence-corrected chi connectivity index (χ3v) is 5.83. The molecule has 2 aromatic carbocycles. The highest BCUT2D eigenvalue weighted by atomic mass is 16.2. The molecule has 2 saturated heterocycles. The number of nitrogens with zero attached hydrogens (tertiary/aromatic N) is 5. The number of aromatic nitrogens is 3. The Kier molecular flexibility index (Phi) is 3.75. The predicted molar refractivity (Wildman–Crippen MR) is 104 cm³/mol. The second-order valence-corrected chi connectivity index (χ2v) is 7.57. The second-order valence-electron chi connectivity index (χ2n) is 7.57. The van der Waals surface area contributed by atoms with Crippen molar-refractivity contribution in [2.24, 2.45) is 0 Å². The van der Waals surface area contributed by atoms with E-state index in [-0.39, 0.29) is 24.3 Å². The fourth-order valence-electron chi connectivity index (χ4n) is 4.48. The van der Waals surface area contributed by atoms with Crippen molar-refractivity contribution in [3.8, 4) is 0 Å². The van der Waals surface area contributed by atoms with Crippen LogP contribution in [0.1, 0.15) is 37.9 Å². The fraction of sp³-hybridized carbons (Fsp3) is 0.381. The third kappa shape index (κ3) is 2.55. The second kappa shape index (κ2) is 6.16.